The minimum Gasteiger partial charge on any atom is -0.378 e. The Hall–Kier alpha value is -4.36. The quantitative estimate of drug-likeness (QED) is 0.501. The molecule has 0 unspecified atom stereocenters. The zero-order valence-electron chi connectivity index (χ0n) is 18.0. The summed E-state index contributed by atoms with van der Waals surface area (Å²) in [6.45, 7) is 2.95. The van der Waals surface area contributed by atoms with Crippen LogP contribution in [0.4, 0.5) is 17.3 Å². The summed E-state index contributed by atoms with van der Waals surface area (Å²) in [7, 11) is 1.80. The summed E-state index contributed by atoms with van der Waals surface area (Å²) in [6, 6.07) is 17.6. The molecular formula is C23H21N9O. The number of hydrogen-bond donors (Lipinski definition) is 1. The molecule has 4 aromatic rings. The minimum atomic E-state index is 0.468. The second-order valence-corrected chi connectivity index (χ2v) is 7.57. The van der Waals surface area contributed by atoms with Crippen molar-refractivity contribution in [2.24, 2.45) is 7.05 Å². The fourth-order valence-electron chi connectivity index (χ4n) is 3.71. The first kappa shape index (κ1) is 20.5. The Kier molecular flexibility index (Phi) is 5.61. The summed E-state index contributed by atoms with van der Waals surface area (Å²) in [4.78, 5) is 11.3. The summed E-state index contributed by atoms with van der Waals surface area (Å²) in [5, 5.41) is 24.3. The zero-order chi connectivity index (χ0) is 22.6. The average Bonchev–Trinajstić information content (AvgIpc) is 3.30. The van der Waals surface area contributed by atoms with Gasteiger partial charge in [0.25, 0.3) is 0 Å². The lowest BCUT2D eigenvalue weighted by Crippen LogP contribution is -2.36. The van der Waals surface area contributed by atoms with Crippen molar-refractivity contribution in [1.82, 2.24) is 30.2 Å². The van der Waals surface area contributed by atoms with Gasteiger partial charge in [0.05, 0.1) is 30.5 Å². The van der Waals surface area contributed by atoms with Crippen molar-refractivity contribution < 1.29 is 4.74 Å². The Bertz CT molecular complexity index is 1300. The third kappa shape index (κ3) is 4.49. The van der Waals surface area contributed by atoms with Crippen LogP contribution in [0.2, 0.25) is 0 Å². The van der Waals surface area contributed by atoms with Gasteiger partial charge in [-0.3, -0.25) is 0 Å². The Labute approximate surface area is 190 Å². The second-order valence-electron chi connectivity index (χ2n) is 7.57. The molecule has 0 spiro atoms. The fraction of sp³-hybridized carbons (Fsp3) is 0.217. The van der Waals surface area contributed by atoms with E-state index in [1.54, 1.807) is 17.9 Å². The predicted molar refractivity (Wildman–Crippen MR) is 123 cm³/mol. The van der Waals surface area contributed by atoms with E-state index in [4.69, 9.17) is 4.74 Å². The normalized spacial score (nSPS) is 13.5. The van der Waals surface area contributed by atoms with Crippen LogP contribution in [0.25, 0.3) is 22.6 Å². The van der Waals surface area contributed by atoms with Gasteiger partial charge in [-0.2, -0.15) is 5.26 Å². The summed E-state index contributed by atoms with van der Waals surface area (Å²) in [5.41, 5.74) is 4.94. The van der Waals surface area contributed by atoms with Crippen LogP contribution in [-0.2, 0) is 11.8 Å². The van der Waals surface area contributed by atoms with Gasteiger partial charge < -0.3 is 15.0 Å². The summed E-state index contributed by atoms with van der Waals surface area (Å²) >= 11 is 0. The summed E-state index contributed by atoms with van der Waals surface area (Å²) in [6.07, 6.45) is 1.71. The third-order valence-electron chi connectivity index (χ3n) is 5.39. The van der Waals surface area contributed by atoms with E-state index in [0.717, 1.165) is 41.3 Å². The van der Waals surface area contributed by atoms with Crippen molar-refractivity contribution in [1.29, 1.82) is 5.26 Å². The van der Waals surface area contributed by atoms with Crippen LogP contribution < -0.4 is 10.2 Å². The number of nitrogens with zero attached hydrogens (tertiary/aromatic N) is 8. The number of nitriles is 1. The summed E-state index contributed by atoms with van der Waals surface area (Å²) < 4.78 is 7.07. The van der Waals surface area contributed by atoms with Gasteiger partial charge in [0, 0.05) is 48.8 Å². The monoisotopic (exact) mass is 439 g/mol. The first-order chi connectivity index (χ1) is 16.2. The summed E-state index contributed by atoms with van der Waals surface area (Å²) in [5.74, 6) is 1.16. The molecule has 1 aliphatic heterocycles. The molecule has 1 aliphatic rings. The van der Waals surface area contributed by atoms with E-state index < -0.39 is 0 Å². The van der Waals surface area contributed by atoms with E-state index in [2.05, 4.69) is 47.8 Å². The molecule has 1 N–H and O–H groups in total. The number of tetrazole rings is 1. The van der Waals surface area contributed by atoms with Crippen LogP contribution in [0, 0.1) is 11.3 Å². The highest BCUT2D eigenvalue weighted by Crippen LogP contribution is 2.27. The lowest BCUT2D eigenvalue weighted by Gasteiger charge is -2.29. The Morgan fingerprint density at radius 3 is 2.58 bits per heavy atom. The molecule has 1 saturated heterocycles. The molecule has 2 aromatic heterocycles. The van der Waals surface area contributed by atoms with Crippen molar-refractivity contribution in [2.75, 3.05) is 36.5 Å². The highest BCUT2D eigenvalue weighted by atomic mass is 16.5. The molecule has 1 fully saturated rings. The number of rotatable bonds is 5. The number of hydrogen-bond acceptors (Lipinski definition) is 9. The number of anilines is 3. The molecule has 10 nitrogen and oxygen atoms in total. The van der Waals surface area contributed by atoms with E-state index in [1.807, 2.05) is 42.5 Å². The molecule has 0 atom stereocenters. The van der Waals surface area contributed by atoms with Gasteiger partial charge in [-0.1, -0.05) is 0 Å². The van der Waals surface area contributed by atoms with E-state index >= 15 is 0 Å². The molecule has 3 heterocycles. The molecule has 0 saturated carbocycles. The molecular weight excluding hydrogens is 418 g/mol. The van der Waals surface area contributed by atoms with Gasteiger partial charge in [0.1, 0.15) is 0 Å². The maximum absolute atomic E-state index is 9.54. The zero-order valence-corrected chi connectivity index (χ0v) is 18.0. The highest BCUT2D eigenvalue weighted by molar-refractivity contribution is 5.70. The lowest BCUT2D eigenvalue weighted by molar-refractivity contribution is 0.122. The molecule has 0 amide bonds. The predicted octanol–water partition coefficient (Wildman–Crippen LogP) is 2.79. The van der Waals surface area contributed by atoms with Crippen LogP contribution in [0.3, 0.4) is 0 Å². The van der Waals surface area contributed by atoms with Crippen LogP contribution in [-0.4, -0.2) is 56.5 Å². The minimum absolute atomic E-state index is 0.468. The first-order valence-electron chi connectivity index (χ1n) is 10.5. The number of benzene rings is 2. The smallest absolute Gasteiger partial charge is 0.227 e. The van der Waals surface area contributed by atoms with Gasteiger partial charge in [-0.15, -0.1) is 5.10 Å². The highest BCUT2D eigenvalue weighted by Gasteiger charge is 2.14. The maximum atomic E-state index is 9.54. The van der Waals surface area contributed by atoms with Crippen LogP contribution in [0.15, 0.2) is 54.7 Å². The van der Waals surface area contributed by atoms with Gasteiger partial charge in [0.15, 0.2) is 5.82 Å². The maximum Gasteiger partial charge on any atom is 0.227 e. The largest absolute Gasteiger partial charge is 0.378 e. The van der Waals surface area contributed by atoms with E-state index in [0.29, 0.717) is 30.5 Å². The van der Waals surface area contributed by atoms with Crippen molar-refractivity contribution in [3.63, 3.8) is 0 Å². The molecule has 0 aliphatic carbocycles. The third-order valence-corrected chi connectivity index (χ3v) is 5.39. The number of aromatic nitrogens is 6. The molecule has 33 heavy (non-hydrogen) atoms. The molecule has 10 heteroatoms. The van der Waals surface area contributed by atoms with Gasteiger partial charge >= 0.3 is 0 Å². The molecule has 2 aromatic carbocycles. The number of ether oxygens (including phenoxy) is 1. The molecule has 0 bridgehead atoms. The SMILES string of the molecule is Cn1nnnc1-c1ccc(Nc2nccc(-c3cc(C#N)cc(N4CCOCC4)c3)n2)cc1. The Morgan fingerprint density at radius 2 is 1.85 bits per heavy atom. The lowest BCUT2D eigenvalue weighted by atomic mass is 10.1. The Balaban J connectivity index is 1.39. The van der Waals surface area contributed by atoms with Gasteiger partial charge in [-0.05, 0) is 59.0 Å². The standard InChI is InChI=1S/C23H21N9O/c1-31-22(28-29-30-31)17-2-4-19(5-3-17)26-23-25-7-6-21(27-23)18-12-16(15-24)13-20(14-18)32-8-10-33-11-9-32/h2-7,12-14H,8-11H2,1H3,(H,25,26,27). The van der Waals surface area contributed by atoms with Crippen LogP contribution in [0.5, 0.6) is 0 Å². The van der Waals surface area contributed by atoms with Crippen molar-refractivity contribution in [3.05, 3.63) is 60.3 Å². The first-order valence-corrected chi connectivity index (χ1v) is 10.5. The van der Waals surface area contributed by atoms with Crippen LogP contribution in [0.1, 0.15) is 5.56 Å². The topological polar surface area (TPSA) is 118 Å². The molecule has 5 rings (SSSR count). The van der Waals surface area contributed by atoms with Crippen molar-refractivity contribution >= 4 is 17.3 Å². The van der Waals surface area contributed by atoms with Crippen LogP contribution >= 0.6 is 0 Å². The van der Waals surface area contributed by atoms with Crippen molar-refractivity contribution in [2.45, 2.75) is 0 Å². The van der Waals surface area contributed by atoms with Gasteiger partial charge in [-0.25, -0.2) is 14.6 Å². The molecule has 0 radical (unpaired) electrons. The average molecular weight is 439 g/mol. The Morgan fingerprint density at radius 1 is 1.03 bits per heavy atom. The van der Waals surface area contributed by atoms with Gasteiger partial charge in [0.2, 0.25) is 5.95 Å². The van der Waals surface area contributed by atoms with E-state index in [9.17, 15) is 5.26 Å². The fourth-order valence-corrected chi connectivity index (χ4v) is 3.71. The number of nitrogens with one attached hydrogen (secondary N) is 1. The molecule has 164 valence electrons. The van der Waals surface area contributed by atoms with E-state index in [-0.39, 0.29) is 0 Å². The number of morpholine rings is 1. The second kappa shape index (κ2) is 9.02. The van der Waals surface area contributed by atoms with Crippen molar-refractivity contribution in [3.8, 4) is 28.7 Å². The number of aryl methyl sites for hydroxylation is 1. The van der Waals surface area contributed by atoms with E-state index in [1.165, 1.54) is 0 Å².